The Morgan fingerprint density at radius 3 is 2.10 bits per heavy atom. The normalized spacial score (nSPS) is 8.30. The van der Waals surface area contributed by atoms with Crippen LogP contribution in [-0.2, 0) is 9.53 Å². The molecule has 0 spiro atoms. The summed E-state index contributed by atoms with van der Waals surface area (Å²) in [5.41, 5.74) is 0. The first kappa shape index (κ1) is 21.0. The lowest BCUT2D eigenvalue weighted by Gasteiger charge is -2.03. The number of benzene rings is 1. The lowest BCUT2D eigenvalue weighted by atomic mass is 10.3. The lowest BCUT2D eigenvalue weighted by molar-refractivity contribution is -0.139. The fourth-order valence-corrected chi connectivity index (χ4v) is 1.52. The van der Waals surface area contributed by atoms with Crippen molar-refractivity contribution in [2.45, 2.75) is 4.90 Å². The van der Waals surface area contributed by atoms with Gasteiger partial charge in [-0.2, -0.15) is 11.8 Å². The Morgan fingerprint density at radius 2 is 1.70 bits per heavy atom. The Bertz CT molecular complexity index is 366. The Morgan fingerprint density at radius 1 is 1.20 bits per heavy atom. The van der Waals surface area contributed by atoms with Gasteiger partial charge in [-0.25, -0.2) is 4.72 Å². The SMILES string of the molecule is C#C.COC(=O)CNSc1ccc(OC)cc1.CSC. The van der Waals surface area contributed by atoms with Crippen LogP contribution in [-0.4, -0.2) is 39.2 Å². The fraction of sp³-hybridized carbons (Fsp3) is 0.357. The monoisotopic (exact) mass is 315 g/mol. The molecule has 0 aromatic heterocycles. The molecule has 0 aliphatic carbocycles. The van der Waals surface area contributed by atoms with Crippen LogP contribution in [0.1, 0.15) is 0 Å². The van der Waals surface area contributed by atoms with E-state index in [0.717, 1.165) is 10.6 Å². The summed E-state index contributed by atoms with van der Waals surface area (Å²) in [7, 11) is 2.99. The first-order valence-electron chi connectivity index (χ1n) is 5.52. The number of nitrogens with one attached hydrogen (secondary N) is 1. The van der Waals surface area contributed by atoms with E-state index in [4.69, 9.17) is 4.74 Å². The quantitative estimate of drug-likeness (QED) is 0.512. The minimum atomic E-state index is -0.281. The van der Waals surface area contributed by atoms with Crippen LogP contribution in [0.4, 0.5) is 0 Å². The molecular weight excluding hydrogens is 294 g/mol. The number of esters is 1. The van der Waals surface area contributed by atoms with E-state index in [1.54, 1.807) is 18.9 Å². The van der Waals surface area contributed by atoms with E-state index in [-0.39, 0.29) is 12.5 Å². The van der Waals surface area contributed by atoms with Gasteiger partial charge in [-0.15, -0.1) is 12.8 Å². The van der Waals surface area contributed by atoms with Gasteiger partial charge >= 0.3 is 5.97 Å². The van der Waals surface area contributed by atoms with Crippen molar-refractivity contribution in [3.8, 4) is 18.6 Å². The van der Waals surface area contributed by atoms with E-state index >= 15 is 0 Å². The standard InChI is InChI=1S/C10H13NO3S.C2H6S.C2H2/c1-13-8-3-5-9(6-4-8)15-11-7-10(12)14-2;1-3-2;1-2/h3-6,11H,7H2,1-2H3;1-2H3;1-2H. The van der Waals surface area contributed by atoms with Crippen LogP contribution in [0.2, 0.25) is 0 Å². The average molecular weight is 315 g/mol. The first-order chi connectivity index (χ1) is 9.67. The van der Waals surface area contributed by atoms with Gasteiger partial charge in [0.1, 0.15) is 12.3 Å². The smallest absolute Gasteiger partial charge is 0.320 e. The molecule has 112 valence electrons. The van der Waals surface area contributed by atoms with Crippen molar-refractivity contribution < 1.29 is 14.3 Å². The zero-order valence-corrected chi connectivity index (χ0v) is 13.8. The van der Waals surface area contributed by atoms with Gasteiger partial charge in [0.25, 0.3) is 0 Å². The highest BCUT2D eigenvalue weighted by molar-refractivity contribution is 7.97. The van der Waals surface area contributed by atoms with Crippen LogP contribution >= 0.6 is 23.7 Å². The maximum atomic E-state index is 10.8. The van der Waals surface area contributed by atoms with Gasteiger partial charge in [0.15, 0.2) is 0 Å². The van der Waals surface area contributed by atoms with E-state index in [1.807, 2.05) is 36.8 Å². The van der Waals surface area contributed by atoms with Gasteiger partial charge in [-0.1, -0.05) is 0 Å². The molecule has 1 aromatic carbocycles. The number of methoxy groups -OCH3 is 2. The summed E-state index contributed by atoms with van der Waals surface area (Å²) in [6.07, 6.45) is 12.1. The van der Waals surface area contributed by atoms with Crippen LogP contribution in [0.3, 0.4) is 0 Å². The molecule has 0 bridgehead atoms. The van der Waals surface area contributed by atoms with Gasteiger partial charge in [0.2, 0.25) is 0 Å². The average Bonchev–Trinajstić information content (AvgIpc) is 2.50. The minimum absolute atomic E-state index is 0.188. The second kappa shape index (κ2) is 15.8. The molecule has 0 saturated carbocycles. The number of hydrogen-bond acceptors (Lipinski definition) is 6. The molecule has 0 radical (unpaired) electrons. The van der Waals surface area contributed by atoms with Gasteiger partial charge < -0.3 is 9.47 Å². The number of carbonyl (C=O) groups excluding carboxylic acids is 1. The summed E-state index contributed by atoms with van der Waals surface area (Å²) >= 11 is 3.13. The highest BCUT2D eigenvalue weighted by Gasteiger charge is 1.99. The third kappa shape index (κ3) is 11.8. The topological polar surface area (TPSA) is 47.6 Å². The Kier molecular flexibility index (Phi) is 16.6. The largest absolute Gasteiger partial charge is 0.497 e. The molecule has 1 N–H and O–H groups in total. The zero-order chi connectivity index (χ0) is 15.8. The molecule has 0 unspecified atom stereocenters. The third-order valence-corrected chi connectivity index (χ3v) is 2.49. The van der Waals surface area contributed by atoms with Crippen molar-refractivity contribution in [1.82, 2.24) is 4.72 Å². The van der Waals surface area contributed by atoms with Gasteiger partial charge in [-0.05, 0) is 48.7 Å². The molecule has 0 fully saturated rings. The first-order valence-corrected chi connectivity index (χ1v) is 7.96. The summed E-state index contributed by atoms with van der Waals surface area (Å²) in [6, 6.07) is 7.55. The molecule has 0 atom stereocenters. The molecule has 0 aliphatic heterocycles. The maximum absolute atomic E-state index is 10.8. The predicted octanol–water partition coefficient (Wildman–Crippen LogP) is 2.69. The molecule has 1 rings (SSSR count). The summed E-state index contributed by atoms with van der Waals surface area (Å²) in [4.78, 5) is 11.8. The van der Waals surface area contributed by atoms with E-state index in [9.17, 15) is 4.79 Å². The number of ether oxygens (including phenoxy) is 2. The van der Waals surface area contributed by atoms with Crippen LogP contribution in [0, 0.1) is 12.8 Å². The number of hydrogen-bond donors (Lipinski definition) is 1. The van der Waals surface area contributed by atoms with Crippen LogP contribution < -0.4 is 9.46 Å². The highest BCUT2D eigenvalue weighted by atomic mass is 32.2. The minimum Gasteiger partial charge on any atom is -0.497 e. The van der Waals surface area contributed by atoms with Crippen molar-refractivity contribution >= 4 is 29.7 Å². The van der Waals surface area contributed by atoms with Crippen molar-refractivity contribution in [3.63, 3.8) is 0 Å². The summed E-state index contributed by atoms with van der Waals surface area (Å²) in [5, 5.41) is 0. The lowest BCUT2D eigenvalue weighted by Crippen LogP contribution is -2.17. The molecule has 0 aliphatic rings. The Balaban J connectivity index is 0. The molecular formula is C14H21NO3S2. The summed E-state index contributed by atoms with van der Waals surface area (Å²) in [6.45, 7) is 0.188. The Hall–Kier alpha value is -1.29. The molecule has 20 heavy (non-hydrogen) atoms. The van der Waals surface area contributed by atoms with Crippen molar-refractivity contribution in [2.24, 2.45) is 0 Å². The number of thioether (sulfide) groups is 1. The van der Waals surface area contributed by atoms with E-state index in [0.29, 0.717) is 0 Å². The summed E-state index contributed by atoms with van der Waals surface area (Å²) < 4.78 is 12.4. The van der Waals surface area contributed by atoms with Crippen LogP contribution in [0.15, 0.2) is 29.2 Å². The number of carbonyl (C=O) groups is 1. The van der Waals surface area contributed by atoms with E-state index in [1.165, 1.54) is 19.1 Å². The molecule has 6 heteroatoms. The molecule has 4 nitrogen and oxygen atoms in total. The predicted molar refractivity (Wildman–Crippen MR) is 88.2 cm³/mol. The Labute approximate surface area is 130 Å². The third-order valence-electron chi connectivity index (χ3n) is 1.69. The molecule has 0 saturated heterocycles. The van der Waals surface area contributed by atoms with E-state index in [2.05, 4.69) is 22.3 Å². The van der Waals surface area contributed by atoms with Crippen molar-refractivity contribution in [2.75, 3.05) is 33.3 Å². The molecule has 0 amide bonds. The van der Waals surface area contributed by atoms with Gasteiger partial charge in [0, 0.05) is 4.90 Å². The maximum Gasteiger partial charge on any atom is 0.320 e. The number of rotatable bonds is 5. The second-order valence-electron chi connectivity index (χ2n) is 3.08. The highest BCUT2D eigenvalue weighted by Crippen LogP contribution is 2.18. The zero-order valence-electron chi connectivity index (χ0n) is 12.2. The van der Waals surface area contributed by atoms with Gasteiger partial charge in [-0.3, -0.25) is 4.79 Å². The van der Waals surface area contributed by atoms with E-state index < -0.39 is 0 Å². The molecule has 1 aromatic rings. The van der Waals surface area contributed by atoms with Gasteiger partial charge in [0.05, 0.1) is 14.2 Å². The fourth-order valence-electron chi connectivity index (χ4n) is 0.894. The van der Waals surface area contributed by atoms with Crippen molar-refractivity contribution in [3.05, 3.63) is 24.3 Å². The van der Waals surface area contributed by atoms with Crippen LogP contribution in [0.5, 0.6) is 5.75 Å². The second-order valence-corrected chi connectivity index (χ2v) is 4.86. The summed E-state index contributed by atoms with van der Waals surface area (Å²) in [5.74, 6) is 0.531. The molecule has 0 heterocycles. The van der Waals surface area contributed by atoms with Crippen LogP contribution in [0.25, 0.3) is 0 Å². The van der Waals surface area contributed by atoms with Crippen molar-refractivity contribution in [1.29, 1.82) is 0 Å². The number of terminal acetylenes is 1.